The van der Waals surface area contributed by atoms with Gasteiger partial charge in [0.15, 0.2) is 0 Å². The van der Waals surface area contributed by atoms with Gasteiger partial charge in [-0.15, -0.1) is 0 Å². The second-order valence-corrected chi connectivity index (χ2v) is 2.74. The van der Waals surface area contributed by atoms with Gasteiger partial charge in [-0.1, -0.05) is 11.6 Å². The maximum absolute atomic E-state index is 8.75. The minimum absolute atomic E-state index is 0.426. The van der Waals surface area contributed by atoms with Gasteiger partial charge in [-0.05, 0) is 12.1 Å². The third-order valence-electron chi connectivity index (χ3n) is 1.65. The van der Waals surface area contributed by atoms with Gasteiger partial charge in [-0.2, -0.15) is 5.26 Å². The molecule has 0 aliphatic rings. The predicted octanol–water partition coefficient (Wildman–Crippen LogP) is 2.09. The maximum atomic E-state index is 8.75. The summed E-state index contributed by atoms with van der Waals surface area (Å²) < 4.78 is 0. The summed E-state index contributed by atoms with van der Waals surface area (Å²) >= 11 is 5.78. The number of hydrogen-bond donors (Lipinski definition) is 1. The van der Waals surface area contributed by atoms with Crippen LogP contribution in [-0.2, 0) is 0 Å². The number of rotatable bonds is 0. The van der Waals surface area contributed by atoms with E-state index in [2.05, 4.69) is 9.97 Å². The molecule has 0 unspecified atom stereocenters. The normalized spacial score (nSPS) is 10.0. The molecule has 0 aliphatic heterocycles. The molecule has 0 amide bonds. The van der Waals surface area contributed by atoms with Gasteiger partial charge in [-0.3, -0.25) is 0 Å². The molecule has 2 aromatic rings. The van der Waals surface area contributed by atoms with Crippen LogP contribution < -0.4 is 0 Å². The van der Waals surface area contributed by atoms with E-state index in [0.717, 1.165) is 5.52 Å². The molecule has 0 fully saturated rings. The number of aromatic amines is 1. The lowest BCUT2D eigenvalue weighted by Crippen LogP contribution is -1.79. The number of aromatic nitrogens is 2. The van der Waals surface area contributed by atoms with Crippen LogP contribution in [0.25, 0.3) is 11.0 Å². The summed E-state index contributed by atoms with van der Waals surface area (Å²) in [6, 6.07) is 5.49. The van der Waals surface area contributed by atoms with E-state index in [1.54, 1.807) is 18.5 Å². The molecule has 4 heteroatoms. The lowest BCUT2D eigenvalue weighted by atomic mass is 10.2. The molecule has 0 atom stereocenters. The lowest BCUT2D eigenvalue weighted by molar-refractivity contribution is 1.34. The Morgan fingerprint density at radius 1 is 1.50 bits per heavy atom. The third kappa shape index (κ3) is 0.858. The number of nitriles is 1. The Morgan fingerprint density at radius 3 is 3.08 bits per heavy atom. The second kappa shape index (κ2) is 2.50. The third-order valence-corrected chi connectivity index (χ3v) is 1.97. The Kier molecular flexibility index (Phi) is 1.49. The van der Waals surface area contributed by atoms with Crippen molar-refractivity contribution in [2.24, 2.45) is 0 Å². The van der Waals surface area contributed by atoms with E-state index < -0.39 is 0 Å². The average molecular weight is 178 g/mol. The summed E-state index contributed by atoms with van der Waals surface area (Å²) in [6.45, 7) is 0. The van der Waals surface area contributed by atoms with Gasteiger partial charge in [0.2, 0.25) is 0 Å². The Bertz CT molecular complexity index is 467. The van der Waals surface area contributed by atoms with E-state index in [9.17, 15) is 0 Å². The molecule has 2 rings (SSSR count). The van der Waals surface area contributed by atoms with Crippen molar-refractivity contribution in [2.45, 2.75) is 0 Å². The fourth-order valence-electron chi connectivity index (χ4n) is 1.09. The van der Waals surface area contributed by atoms with Crippen LogP contribution in [0.2, 0.25) is 5.02 Å². The van der Waals surface area contributed by atoms with Gasteiger partial charge in [0.25, 0.3) is 0 Å². The van der Waals surface area contributed by atoms with Crippen LogP contribution in [0.15, 0.2) is 18.5 Å². The first-order chi connectivity index (χ1) is 5.83. The molecule has 0 radical (unpaired) electrons. The van der Waals surface area contributed by atoms with Crippen molar-refractivity contribution < 1.29 is 0 Å². The molecular weight excluding hydrogens is 174 g/mol. The summed E-state index contributed by atoms with van der Waals surface area (Å²) in [5.41, 5.74) is 1.89. The zero-order valence-corrected chi connectivity index (χ0v) is 6.76. The zero-order valence-electron chi connectivity index (χ0n) is 6.00. The Balaban J connectivity index is 2.94. The molecule has 0 saturated heterocycles. The highest BCUT2D eigenvalue weighted by molar-refractivity contribution is 6.32. The van der Waals surface area contributed by atoms with Crippen molar-refractivity contribution in [3.8, 4) is 6.07 Å². The number of hydrogen-bond acceptors (Lipinski definition) is 2. The molecule has 0 spiro atoms. The Labute approximate surface area is 73.6 Å². The lowest BCUT2D eigenvalue weighted by Gasteiger charge is -1.93. The number of benzene rings is 1. The summed E-state index contributed by atoms with van der Waals surface area (Å²) in [6.07, 6.45) is 1.54. The van der Waals surface area contributed by atoms with Gasteiger partial charge < -0.3 is 4.98 Å². The van der Waals surface area contributed by atoms with Crippen molar-refractivity contribution in [1.29, 1.82) is 5.26 Å². The van der Waals surface area contributed by atoms with Crippen LogP contribution in [0.1, 0.15) is 5.56 Å². The second-order valence-electron chi connectivity index (χ2n) is 2.33. The first-order valence-corrected chi connectivity index (χ1v) is 3.72. The van der Waals surface area contributed by atoms with Crippen molar-refractivity contribution in [2.75, 3.05) is 0 Å². The molecule has 0 saturated carbocycles. The summed E-state index contributed by atoms with van der Waals surface area (Å²) in [4.78, 5) is 6.89. The monoisotopic (exact) mass is 177 g/mol. The smallest absolute Gasteiger partial charge is 0.107 e. The van der Waals surface area contributed by atoms with Crippen molar-refractivity contribution in [3.63, 3.8) is 0 Å². The van der Waals surface area contributed by atoms with Gasteiger partial charge in [0, 0.05) is 0 Å². The van der Waals surface area contributed by atoms with Crippen molar-refractivity contribution in [3.05, 3.63) is 29.0 Å². The SMILES string of the molecule is N#Cc1c(Cl)ccc2[nH]cnc12. The molecule has 12 heavy (non-hydrogen) atoms. The van der Waals surface area contributed by atoms with Gasteiger partial charge in [-0.25, -0.2) is 4.98 Å². The van der Waals surface area contributed by atoms with E-state index in [1.165, 1.54) is 0 Å². The maximum Gasteiger partial charge on any atom is 0.107 e. The molecule has 0 aliphatic carbocycles. The summed E-state index contributed by atoms with van der Waals surface area (Å²) in [7, 11) is 0. The highest BCUT2D eigenvalue weighted by Gasteiger charge is 2.06. The molecule has 0 bridgehead atoms. The molecule has 58 valence electrons. The van der Waals surface area contributed by atoms with Crippen LogP contribution in [0.5, 0.6) is 0 Å². The minimum Gasteiger partial charge on any atom is -0.345 e. The number of nitrogens with zero attached hydrogens (tertiary/aromatic N) is 2. The van der Waals surface area contributed by atoms with E-state index in [0.29, 0.717) is 16.1 Å². The van der Waals surface area contributed by atoms with E-state index in [1.807, 2.05) is 6.07 Å². The number of fused-ring (bicyclic) bond motifs is 1. The van der Waals surface area contributed by atoms with Gasteiger partial charge in [0.1, 0.15) is 11.6 Å². The first kappa shape index (κ1) is 7.14. The standard InChI is InChI=1S/C8H4ClN3/c9-6-1-2-7-8(5(6)3-10)12-4-11-7/h1-2,4H,(H,11,12). The quantitative estimate of drug-likeness (QED) is 0.670. The van der Waals surface area contributed by atoms with Gasteiger partial charge in [0.05, 0.1) is 22.4 Å². The van der Waals surface area contributed by atoms with E-state index in [-0.39, 0.29) is 0 Å². The highest BCUT2D eigenvalue weighted by Crippen LogP contribution is 2.22. The number of H-pyrrole nitrogens is 1. The fraction of sp³-hybridized carbons (Fsp3) is 0. The van der Waals surface area contributed by atoms with Crippen molar-refractivity contribution >= 4 is 22.6 Å². The van der Waals surface area contributed by atoms with E-state index >= 15 is 0 Å². The van der Waals surface area contributed by atoms with Crippen LogP contribution in [0.4, 0.5) is 0 Å². The summed E-state index contributed by atoms with van der Waals surface area (Å²) in [5.74, 6) is 0. The van der Waals surface area contributed by atoms with Gasteiger partial charge >= 0.3 is 0 Å². The number of imidazole rings is 1. The van der Waals surface area contributed by atoms with Crippen LogP contribution >= 0.6 is 11.6 Å². The molecular formula is C8H4ClN3. The van der Waals surface area contributed by atoms with Crippen molar-refractivity contribution in [1.82, 2.24) is 9.97 Å². The molecule has 1 N–H and O–H groups in total. The van der Waals surface area contributed by atoms with Crippen LogP contribution in [-0.4, -0.2) is 9.97 Å². The number of nitrogens with one attached hydrogen (secondary N) is 1. The molecule has 1 aromatic heterocycles. The topological polar surface area (TPSA) is 52.5 Å². The van der Waals surface area contributed by atoms with E-state index in [4.69, 9.17) is 16.9 Å². The first-order valence-electron chi connectivity index (χ1n) is 3.34. The fourth-order valence-corrected chi connectivity index (χ4v) is 1.28. The largest absolute Gasteiger partial charge is 0.345 e. The average Bonchev–Trinajstić information content (AvgIpc) is 2.52. The molecule has 1 aromatic carbocycles. The summed E-state index contributed by atoms with van der Waals surface area (Å²) in [5, 5.41) is 9.19. The zero-order chi connectivity index (χ0) is 8.55. The molecule has 3 nitrogen and oxygen atoms in total. The predicted molar refractivity (Wildman–Crippen MR) is 45.8 cm³/mol. The van der Waals surface area contributed by atoms with Crippen LogP contribution in [0, 0.1) is 11.3 Å². The van der Waals surface area contributed by atoms with Crippen LogP contribution in [0.3, 0.4) is 0 Å². The highest BCUT2D eigenvalue weighted by atomic mass is 35.5. The minimum atomic E-state index is 0.426. The molecule has 1 heterocycles. The Morgan fingerprint density at radius 2 is 2.33 bits per heavy atom. The number of halogens is 1. The Hall–Kier alpha value is -1.53.